The first-order valence-electron chi connectivity index (χ1n) is 9.48. The van der Waals surface area contributed by atoms with Gasteiger partial charge in [0.2, 0.25) is 0 Å². The van der Waals surface area contributed by atoms with E-state index >= 15 is 0 Å². The largest absolute Gasteiger partial charge is 0.490 e. The quantitative estimate of drug-likeness (QED) is 0.495. The summed E-state index contributed by atoms with van der Waals surface area (Å²) in [6.07, 6.45) is 3.68. The van der Waals surface area contributed by atoms with Crippen LogP contribution >= 0.6 is 11.6 Å². The topological polar surface area (TPSA) is 30.5 Å². The van der Waals surface area contributed by atoms with Crippen LogP contribution in [0.25, 0.3) is 0 Å². The van der Waals surface area contributed by atoms with Crippen LogP contribution in [0, 0.1) is 6.92 Å². The van der Waals surface area contributed by atoms with E-state index in [1.807, 2.05) is 19.1 Å². The van der Waals surface area contributed by atoms with Crippen LogP contribution < -0.4 is 14.8 Å². The standard InChI is InChI=1S/C22H30ClNO2/c1-4-6-7-12-24-15-19-13-20(23)22(21(14-19)25-5-2)26-16-18-10-8-17(3)9-11-18/h8-11,13-14,24H,4-7,12,15-16H2,1-3H3. The molecule has 0 amide bonds. The van der Waals surface area contributed by atoms with Crippen LogP contribution in [0.4, 0.5) is 0 Å². The van der Waals surface area contributed by atoms with E-state index in [-0.39, 0.29) is 0 Å². The van der Waals surface area contributed by atoms with Gasteiger partial charge in [-0.25, -0.2) is 0 Å². The van der Waals surface area contributed by atoms with Gasteiger partial charge in [-0.3, -0.25) is 0 Å². The van der Waals surface area contributed by atoms with E-state index in [4.69, 9.17) is 21.1 Å². The Labute approximate surface area is 162 Å². The van der Waals surface area contributed by atoms with Crippen LogP contribution in [0.3, 0.4) is 0 Å². The maximum absolute atomic E-state index is 6.49. The van der Waals surface area contributed by atoms with E-state index in [0.717, 1.165) is 24.2 Å². The molecule has 0 radical (unpaired) electrons. The Morgan fingerprint density at radius 3 is 2.42 bits per heavy atom. The van der Waals surface area contributed by atoms with E-state index in [2.05, 4.69) is 43.4 Å². The van der Waals surface area contributed by atoms with Crippen molar-refractivity contribution >= 4 is 11.6 Å². The van der Waals surface area contributed by atoms with E-state index in [9.17, 15) is 0 Å². The van der Waals surface area contributed by atoms with E-state index in [1.165, 1.54) is 24.8 Å². The van der Waals surface area contributed by atoms with Gasteiger partial charge in [-0.2, -0.15) is 0 Å². The minimum Gasteiger partial charge on any atom is -0.490 e. The van der Waals surface area contributed by atoms with Crippen molar-refractivity contribution in [3.63, 3.8) is 0 Å². The van der Waals surface area contributed by atoms with Gasteiger partial charge in [0.25, 0.3) is 0 Å². The van der Waals surface area contributed by atoms with Gasteiger partial charge in [-0.1, -0.05) is 61.2 Å². The summed E-state index contributed by atoms with van der Waals surface area (Å²) in [5.74, 6) is 1.32. The van der Waals surface area contributed by atoms with Crippen molar-refractivity contribution < 1.29 is 9.47 Å². The minimum atomic E-state index is 0.467. The highest BCUT2D eigenvalue weighted by atomic mass is 35.5. The maximum Gasteiger partial charge on any atom is 0.180 e. The molecule has 0 aliphatic carbocycles. The van der Waals surface area contributed by atoms with Gasteiger partial charge in [0.05, 0.1) is 11.6 Å². The Morgan fingerprint density at radius 2 is 1.73 bits per heavy atom. The third kappa shape index (κ3) is 6.54. The predicted octanol–water partition coefficient (Wildman–Crippen LogP) is 5.91. The van der Waals surface area contributed by atoms with Crippen molar-refractivity contribution in [1.29, 1.82) is 0 Å². The van der Waals surface area contributed by atoms with E-state index < -0.39 is 0 Å². The Bertz CT molecular complexity index is 671. The number of halogens is 1. The first-order chi connectivity index (χ1) is 12.6. The Morgan fingerprint density at radius 1 is 0.962 bits per heavy atom. The van der Waals surface area contributed by atoms with Gasteiger partial charge in [-0.15, -0.1) is 0 Å². The van der Waals surface area contributed by atoms with Crippen LogP contribution in [0.1, 0.15) is 49.8 Å². The smallest absolute Gasteiger partial charge is 0.180 e. The summed E-state index contributed by atoms with van der Waals surface area (Å²) in [7, 11) is 0. The molecule has 0 heterocycles. The number of hydrogen-bond donors (Lipinski definition) is 1. The molecular weight excluding hydrogens is 346 g/mol. The van der Waals surface area contributed by atoms with Crippen LogP contribution in [0.2, 0.25) is 5.02 Å². The van der Waals surface area contributed by atoms with Crippen molar-refractivity contribution in [3.05, 3.63) is 58.1 Å². The van der Waals surface area contributed by atoms with Gasteiger partial charge < -0.3 is 14.8 Å². The first-order valence-corrected chi connectivity index (χ1v) is 9.86. The Hall–Kier alpha value is -1.71. The number of hydrogen-bond acceptors (Lipinski definition) is 3. The highest BCUT2D eigenvalue weighted by molar-refractivity contribution is 6.32. The zero-order valence-electron chi connectivity index (χ0n) is 16.1. The molecule has 4 heteroatoms. The van der Waals surface area contributed by atoms with Gasteiger partial charge in [0.15, 0.2) is 11.5 Å². The monoisotopic (exact) mass is 375 g/mol. The Balaban J connectivity index is 2.03. The zero-order valence-corrected chi connectivity index (χ0v) is 16.9. The van der Waals surface area contributed by atoms with Gasteiger partial charge >= 0.3 is 0 Å². The van der Waals surface area contributed by atoms with Crippen molar-refractivity contribution in [2.24, 2.45) is 0 Å². The number of benzene rings is 2. The molecule has 0 aromatic heterocycles. The highest BCUT2D eigenvalue weighted by Crippen LogP contribution is 2.37. The summed E-state index contributed by atoms with van der Waals surface area (Å²) in [4.78, 5) is 0. The fourth-order valence-electron chi connectivity index (χ4n) is 2.70. The van der Waals surface area contributed by atoms with Crippen molar-refractivity contribution in [1.82, 2.24) is 5.32 Å². The lowest BCUT2D eigenvalue weighted by molar-refractivity contribution is 0.269. The molecular formula is C22H30ClNO2. The molecule has 0 fully saturated rings. The fraction of sp³-hybridized carbons (Fsp3) is 0.455. The Kier molecular flexibility index (Phi) is 8.79. The zero-order chi connectivity index (χ0) is 18.8. The van der Waals surface area contributed by atoms with Crippen molar-refractivity contribution in [3.8, 4) is 11.5 Å². The summed E-state index contributed by atoms with van der Waals surface area (Å²) < 4.78 is 11.8. The predicted molar refractivity (Wildman–Crippen MR) is 109 cm³/mol. The number of ether oxygens (including phenoxy) is 2. The molecule has 3 nitrogen and oxygen atoms in total. The number of aryl methyl sites for hydroxylation is 1. The van der Waals surface area contributed by atoms with Crippen LogP contribution in [0.15, 0.2) is 36.4 Å². The average Bonchev–Trinajstić information content (AvgIpc) is 2.62. The fourth-order valence-corrected chi connectivity index (χ4v) is 2.99. The molecule has 0 bridgehead atoms. The molecule has 2 aromatic rings. The third-order valence-electron chi connectivity index (χ3n) is 4.16. The second-order valence-electron chi connectivity index (χ2n) is 6.50. The molecule has 0 spiro atoms. The summed E-state index contributed by atoms with van der Waals surface area (Å²) in [6, 6.07) is 12.3. The van der Waals surface area contributed by atoms with Gasteiger partial charge in [0, 0.05) is 6.54 Å². The molecule has 1 N–H and O–H groups in total. The molecule has 0 aliphatic heterocycles. The van der Waals surface area contributed by atoms with Crippen molar-refractivity contribution in [2.75, 3.05) is 13.2 Å². The van der Waals surface area contributed by atoms with Crippen molar-refractivity contribution in [2.45, 2.75) is 53.2 Å². The molecule has 0 aliphatic rings. The molecule has 0 saturated heterocycles. The highest BCUT2D eigenvalue weighted by Gasteiger charge is 2.13. The van der Waals surface area contributed by atoms with Gasteiger partial charge in [-0.05, 0) is 50.1 Å². The average molecular weight is 376 g/mol. The molecule has 2 aromatic carbocycles. The van der Waals surface area contributed by atoms with E-state index in [0.29, 0.717) is 29.7 Å². The summed E-state index contributed by atoms with van der Waals surface area (Å²) in [5, 5.41) is 4.05. The van der Waals surface area contributed by atoms with Crippen LogP contribution in [-0.4, -0.2) is 13.2 Å². The minimum absolute atomic E-state index is 0.467. The lowest BCUT2D eigenvalue weighted by Crippen LogP contribution is -2.14. The molecule has 2 rings (SSSR count). The maximum atomic E-state index is 6.49. The number of nitrogens with one attached hydrogen (secondary N) is 1. The number of unbranched alkanes of at least 4 members (excludes halogenated alkanes) is 2. The molecule has 0 unspecified atom stereocenters. The lowest BCUT2D eigenvalue weighted by Gasteiger charge is -2.16. The third-order valence-corrected chi connectivity index (χ3v) is 4.44. The van der Waals surface area contributed by atoms with Crippen LogP contribution in [0.5, 0.6) is 11.5 Å². The molecule has 0 saturated carbocycles. The summed E-state index contributed by atoms with van der Waals surface area (Å²) >= 11 is 6.49. The molecule has 0 atom stereocenters. The second-order valence-corrected chi connectivity index (χ2v) is 6.90. The SMILES string of the molecule is CCCCCNCc1cc(Cl)c(OCc2ccc(C)cc2)c(OCC)c1. The normalized spacial score (nSPS) is 10.8. The molecule has 26 heavy (non-hydrogen) atoms. The molecule has 142 valence electrons. The number of rotatable bonds is 11. The first kappa shape index (κ1) is 20.6. The summed E-state index contributed by atoms with van der Waals surface area (Å²) in [6.45, 7) is 9.09. The van der Waals surface area contributed by atoms with E-state index in [1.54, 1.807) is 0 Å². The second kappa shape index (κ2) is 11.1. The lowest BCUT2D eigenvalue weighted by atomic mass is 10.1. The van der Waals surface area contributed by atoms with Crippen LogP contribution in [-0.2, 0) is 13.2 Å². The van der Waals surface area contributed by atoms with Gasteiger partial charge in [0.1, 0.15) is 6.61 Å². The summed E-state index contributed by atoms with van der Waals surface area (Å²) in [5.41, 5.74) is 3.45.